The average Bonchev–Trinajstić information content (AvgIpc) is 3.55. The van der Waals surface area contributed by atoms with Crippen LogP contribution in [0.25, 0.3) is 10.9 Å². The third-order valence-corrected chi connectivity index (χ3v) is 6.27. The molecule has 4 heteroatoms. The Morgan fingerprint density at radius 1 is 1.17 bits per heavy atom. The molecule has 0 amide bonds. The highest BCUT2D eigenvalue weighted by atomic mass is 19.1. The normalized spacial score (nSPS) is 15.4. The third kappa shape index (κ3) is 4.07. The van der Waals surface area contributed by atoms with Gasteiger partial charge in [0.15, 0.2) is 5.43 Å². The molecule has 0 aliphatic heterocycles. The second-order valence-corrected chi connectivity index (χ2v) is 8.88. The van der Waals surface area contributed by atoms with Crippen LogP contribution in [0.15, 0.2) is 59.5 Å². The number of hydrogen-bond acceptors (Lipinski definition) is 2. The highest BCUT2D eigenvalue weighted by Crippen LogP contribution is 2.45. The van der Waals surface area contributed by atoms with Crippen molar-refractivity contribution in [2.45, 2.75) is 45.1 Å². The van der Waals surface area contributed by atoms with Crippen LogP contribution in [-0.4, -0.2) is 11.7 Å². The molecule has 1 atom stereocenters. The van der Waals surface area contributed by atoms with Gasteiger partial charge in [-0.25, -0.2) is 4.39 Å². The number of benzene rings is 2. The van der Waals surface area contributed by atoms with Crippen LogP contribution in [0.2, 0.25) is 0 Å². The number of hydrogen-bond donors (Lipinski definition) is 0. The van der Waals surface area contributed by atoms with Crippen LogP contribution in [-0.2, 0) is 12.0 Å². The molecular weight excluding hydrogens is 365 g/mol. The molecule has 3 aromatic rings. The van der Waals surface area contributed by atoms with E-state index >= 15 is 0 Å². The zero-order valence-electron chi connectivity index (χ0n) is 17.3. The Morgan fingerprint density at radius 3 is 2.66 bits per heavy atom. The molecule has 152 valence electrons. The van der Waals surface area contributed by atoms with Gasteiger partial charge in [-0.05, 0) is 66.8 Å². The zero-order valence-corrected chi connectivity index (χ0v) is 17.3. The maximum Gasteiger partial charge on any atom is 0.189 e. The largest absolute Gasteiger partial charge is 0.496 e. The lowest BCUT2D eigenvalue weighted by molar-refractivity contribution is 0.288. The Balaban J connectivity index is 1.66. The molecule has 3 nitrogen and oxygen atoms in total. The summed E-state index contributed by atoms with van der Waals surface area (Å²) in [4.78, 5) is 12.2. The molecule has 2 aromatic carbocycles. The number of methoxy groups -OCH3 is 1. The van der Waals surface area contributed by atoms with Gasteiger partial charge in [0.1, 0.15) is 11.6 Å². The van der Waals surface area contributed by atoms with Crippen LogP contribution < -0.4 is 10.2 Å². The smallest absolute Gasteiger partial charge is 0.189 e. The molecule has 1 heterocycles. The molecule has 29 heavy (non-hydrogen) atoms. The van der Waals surface area contributed by atoms with Crippen LogP contribution >= 0.6 is 0 Å². The molecule has 1 saturated carbocycles. The second-order valence-electron chi connectivity index (χ2n) is 8.88. The van der Waals surface area contributed by atoms with Gasteiger partial charge in [-0.1, -0.05) is 26.0 Å². The Hall–Kier alpha value is -2.62. The topological polar surface area (TPSA) is 31.2 Å². The molecule has 1 unspecified atom stereocenters. The third-order valence-electron chi connectivity index (χ3n) is 6.27. The van der Waals surface area contributed by atoms with E-state index in [0.717, 1.165) is 35.2 Å². The van der Waals surface area contributed by atoms with Gasteiger partial charge in [-0.15, -0.1) is 0 Å². The predicted molar refractivity (Wildman–Crippen MR) is 115 cm³/mol. The number of rotatable bonds is 7. The average molecular weight is 394 g/mol. The molecule has 1 aromatic heterocycles. The monoisotopic (exact) mass is 393 g/mol. The highest BCUT2D eigenvalue weighted by molar-refractivity contribution is 5.78. The van der Waals surface area contributed by atoms with E-state index in [1.807, 2.05) is 30.5 Å². The molecule has 0 radical (unpaired) electrons. The molecular formula is C25H28FNO2. The molecule has 4 rings (SSSR count). The number of fused-ring (bicyclic) bond motifs is 1. The molecule has 1 fully saturated rings. The maximum atomic E-state index is 14.0. The van der Waals surface area contributed by atoms with Crippen LogP contribution in [0.5, 0.6) is 5.75 Å². The molecule has 0 saturated heterocycles. The van der Waals surface area contributed by atoms with Crippen LogP contribution in [0.4, 0.5) is 4.39 Å². The van der Waals surface area contributed by atoms with Crippen LogP contribution in [0, 0.1) is 17.7 Å². The van der Waals surface area contributed by atoms with Crippen LogP contribution in [0.3, 0.4) is 0 Å². The number of aromatic nitrogens is 1. The van der Waals surface area contributed by atoms with Crippen molar-refractivity contribution in [2.75, 3.05) is 7.11 Å². The Kier molecular flexibility index (Phi) is 5.20. The van der Waals surface area contributed by atoms with Crippen molar-refractivity contribution in [2.24, 2.45) is 11.8 Å². The first-order chi connectivity index (χ1) is 13.9. The summed E-state index contributed by atoms with van der Waals surface area (Å²) in [5, 5.41) is 0.760. The number of pyridine rings is 1. The summed E-state index contributed by atoms with van der Waals surface area (Å²) in [5.41, 5.74) is 1.72. The Labute approximate surface area is 171 Å². The number of para-hydroxylation sites is 1. The van der Waals surface area contributed by atoms with E-state index in [1.165, 1.54) is 18.9 Å². The minimum Gasteiger partial charge on any atom is -0.496 e. The second kappa shape index (κ2) is 7.66. The van der Waals surface area contributed by atoms with E-state index in [0.29, 0.717) is 11.8 Å². The van der Waals surface area contributed by atoms with Gasteiger partial charge in [-0.2, -0.15) is 0 Å². The lowest BCUT2D eigenvalue weighted by atomic mass is 9.75. The van der Waals surface area contributed by atoms with Crippen molar-refractivity contribution < 1.29 is 9.13 Å². The van der Waals surface area contributed by atoms with Gasteiger partial charge in [-0.3, -0.25) is 4.79 Å². The molecule has 0 bridgehead atoms. The van der Waals surface area contributed by atoms with Crippen molar-refractivity contribution >= 4 is 10.9 Å². The van der Waals surface area contributed by atoms with E-state index in [2.05, 4.69) is 18.4 Å². The highest BCUT2D eigenvalue weighted by Gasteiger charge is 2.37. The first kappa shape index (κ1) is 19.7. The van der Waals surface area contributed by atoms with E-state index in [1.54, 1.807) is 25.3 Å². The zero-order chi connectivity index (χ0) is 20.6. The lowest BCUT2D eigenvalue weighted by Gasteiger charge is -2.32. The van der Waals surface area contributed by atoms with E-state index in [9.17, 15) is 9.18 Å². The summed E-state index contributed by atoms with van der Waals surface area (Å²) in [6.45, 7) is 5.19. The molecule has 0 N–H and O–H groups in total. The van der Waals surface area contributed by atoms with Crippen molar-refractivity contribution in [1.29, 1.82) is 0 Å². The first-order valence-corrected chi connectivity index (χ1v) is 10.3. The molecule has 1 aliphatic rings. The minimum atomic E-state index is -0.233. The summed E-state index contributed by atoms with van der Waals surface area (Å²) in [6, 6.07) is 14.2. The van der Waals surface area contributed by atoms with E-state index in [4.69, 9.17) is 4.74 Å². The van der Waals surface area contributed by atoms with Crippen LogP contribution in [0.1, 0.15) is 38.7 Å². The van der Waals surface area contributed by atoms with Gasteiger partial charge in [0.25, 0.3) is 0 Å². The standard InChI is InChI=1S/C25H28FNO2/c1-25(2,21-14-19(26)10-11-24(21)29-3)15-18(17-8-9-17)16-27-13-12-23(28)20-6-4-5-7-22(20)27/h4-7,10-14,17-18H,8-9,15-16H2,1-3H3. The predicted octanol–water partition coefficient (Wildman–Crippen LogP) is 5.54. The summed E-state index contributed by atoms with van der Waals surface area (Å²) in [7, 11) is 1.64. The molecule has 0 spiro atoms. The number of nitrogens with zero attached hydrogens (tertiary/aromatic N) is 1. The summed E-state index contributed by atoms with van der Waals surface area (Å²) >= 11 is 0. The summed E-state index contributed by atoms with van der Waals surface area (Å²) < 4.78 is 21.7. The summed E-state index contributed by atoms with van der Waals surface area (Å²) in [6.07, 6.45) is 5.31. The Morgan fingerprint density at radius 2 is 1.93 bits per heavy atom. The van der Waals surface area contributed by atoms with Crippen molar-refractivity contribution in [3.63, 3.8) is 0 Å². The van der Waals surface area contributed by atoms with Crippen molar-refractivity contribution in [3.05, 3.63) is 76.3 Å². The Bertz CT molecular complexity index is 1080. The summed E-state index contributed by atoms with van der Waals surface area (Å²) in [5.74, 6) is 1.62. The minimum absolute atomic E-state index is 0.0599. The number of halogens is 1. The van der Waals surface area contributed by atoms with E-state index in [-0.39, 0.29) is 16.7 Å². The number of ether oxygens (including phenoxy) is 1. The van der Waals surface area contributed by atoms with Gasteiger partial charge in [0, 0.05) is 29.8 Å². The van der Waals surface area contributed by atoms with Gasteiger partial charge >= 0.3 is 0 Å². The fraction of sp³-hybridized carbons (Fsp3) is 0.400. The van der Waals surface area contributed by atoms with Gasteiger partial charge in [0.2, 0.25) is 0 Å². The maximum absolute atomic E-state index is 14.0. The lowest BCUT2D eigenvalue weighted by Crippen LogP contribution is -2.26. The van der Waals surface area contributed by atoms with Crippen molar-refractivity contribution in [1.82, 2.24) is 4.57 Å². The quantitative estimate of drug-likeness (QED) is 0.527. The first-order valence-electron chi connectivity index (χ1n) is 10.3. The van der Waals surface area contributed by atoms with Gasteiger partial charge < -0.3 is 9.30 Å². The van der Waals surface area contributed by atoms with Gasteiger partial charge in [0.05, 0.1) is 12.6 Å². The molecule has 1 aliphatic carbocycles. The fourth-order valence-electron chi connectivity index (χ4n) is 4.59. The van der Waals surface area contributed by atoms with Crippen molar-refractivity contribution in [3.8, 4) is 5.75 Å². The SMILES string of the molecule is COc1ccc(F)cc1C(C)(C)CC(Cn1ccc(=O)c2ccccc21)C1CC1. The van der Waals surface area contributed by atoms with E-state index < -0.39 is 0 Å². The fourth-order valence-corrected chi connectivity index (χ4v) is 4.59.